The van der Waals surface area contributed by atoms with Gasteiger partial charge in [0.1, 0.15) is 0 Å². The lowest BCUT2D eigenvalue weighted by Gasteiger charge is -2.42. The van der Waals surface area contributed by atoms with Crippen LogP contribution in [0.4, 0.5) is 0 Å². The van der Waals surface area contributed by atoms with E-state index >= 15 is 0 Å². The number of nitrogens with one attached hydrogen (secondary N) is 1. The van der Waals surface area contributed by atoms with E-state index in [-0.39, 0.29) is 0 Å². The summed E-state index contributed by atoms with van der Waals surface area (Å²) in [5, 5.41) is 0. The molecule has 1 N–H and O–H groups in total. The number of H-pyrrole nitrogens is 1. The molecule has 0 radical (unpaired) electrons. The Labute approximate surface area is 134 Å². The lowest BCUT2D eigenvalue weighted by atomic mass is 9.80. The van der Waals surface area contributed by atoms with Crippen molar-refractivity contribution in [2.24, 2.45) is 5.92 Å². The van der Waals surface area contributed by atoms with Crippen LogP contribution >= 0.6 is 15.9 Å². The Morgan fingerprint density at radius 2 is 1.95 bits per heavy atom. The molecule has 1 fully saturated rings. The van der Waals surface area contributed by atoms with E-state index in [0.717, 1.165) is 16.9 Å². The van der Waals surface area contributed by atoms with Crippen LogP contribution in [0.15, 0.2) is 41.0 Å². The molecule has 2 atom stereocenters. The summed E-state index contributed by atoms with van der Waals surface area (Å²) in [5.74, 6) is 0.820. The van der Waals surface area contributed by atoms with Crippen LogP contribution in [0, 0.1) is 5.92 Å². The minimum atomic E-state index is 0.699. The number of benzene rings is 1. The number of hydrogen-bond acceptors (Lipinski definition) is 1. The van der Waals surface area contributed by atoms with Gasteiger partial charge in [-0.2, -0.15) is 0 Å². The zero-order valence-electron chi connectivity index (χ0n) is 12.2. The second-order valence-electron chi connectivity index (χ2n) is 6.55. The van der Waals surface area contributed by atoms with Gasteiger partial charge < -0.3 is 4.98 Å². The van der Waals surface area contributed by atoms with E-state index in [1.807, 2.05) is 6.20 Å². The first kappa shape index (κ1) is 13.6. The molecule has 2 aromatic rings. The smallest absolute Gasteiger partial charge is 0.0388 e. The summed E-state index contributed by atoms with van der Waals surface area (Å²) < 4.78 is 1.15. The average molecular weight is 345 g/mol. The average Bonchev–Trinajstić information content (AvgIpc) is 2.85. The number of halogens is 1. The summed E-state index contributed by atoms with van der Waals surface area (Å²) in [7, 11) is 0. The van der Waals surface area contributed by atoms with E-state index in [0.29, 0.717) is 6.04 Å². The van der Waals surface area contributed by atoms with Crippen LogP contribution in [0.5, 0.6) is 0 Å². The predicted octanol–water partition coefficient (Wildman–Crippen LogP) is 4.16. The Balaban J connectivity index is 1.58. The zero-order chi connectivity index (χ0) is 14.2. The van der Waals surface area contributed by atoms with Crippen molar-refractivity contribution in [3.63, 3.8) is 0 Å². The van der Waals surface area contributed by atoms with Gasteiger partial charge in [-0.25, -0.2) is 0 Å². The first-order chi connectivity index (χ1) is 10.3. The predicted molar refractivity (Wildman–Crippen MR) is 89.3 cm³/mol. The minimum absolute atomic E-state index is 0.699. The number of aromatic amines is 1. The second-order valence-corrected chi connectivity index (χ2v) is 7.46. The molecule has 3 heterocycles. The number of hydrogen-bond donors (Lipinski definition) is 1. The zero-order valence-corrected chi connectivity index (χ0v) is 13.8. The Morgan fingerprint density at radius 3 is 2.71 bits per heavy atom. The molecule has 0 spiro atoms. The highest BCUT2D eigenvalue weighted by Crippen LogP contribution is 2.33. The molecule has 2 aliphatic heterocycles. The third-order valence-corrected chi connectivity index (χ3v) is 5.54. The molecule has 110 valence electrons. The van der Waals surface area contributed by atoms with Crippen LogP contribution in [0.25, 0.3) is 0 Å². The summed E-state index contributed by atoms with van der Waals surface area (Å²) in [6.45, 7) is 2.30. The summed E-state index contributed by atoms with van der Waals surface area (Å²) in [4.78, 5) is 6.08. The topological polar surface area (TPSA) is 19.0 Å². The molecule has 1 aliphatic carbocycles. The maximum Gasteiger partial charge on any atom is 0.0388 e. The fourth-order valence-corrected chi connectivity index (χ4v) is 4.41. The van der Waals surface area contributed by atoms with Crippen molar-refractivity contribution < 1.29 is 0 Å². The first-order valence-electron chi connectivity index (χ1n) is 7.91. The second kappa shape index (κ2) is 5.62. The summed E-state index contributed by atoms with van der Waals surface area (Å²) in [5.41, 5.74) is 4.49. The number of nitrogens with zero attached hydrogens (tertiary/aromatic N) is 1. The molecule has 3 heteroatoms. The third kappa shape index (κ3) is 2.82. The molecule has 1 aromatic carbocycles. The van der Waals surface area contributed by atoms with Crippen molar-refractivity contribution in [3.05, 3.63) is 57.8 Å². The molecule has 1 saturated heterocycles. The highest BCUT2D eigenvalue weighted by Gasteiger charge is 2.31. The largest absolute Gasteiger partial charge is 0.363 e. The van der Waals surface area contributed by atoms with E-state index < -0.39 is 0 Å². The number of piperidine rings is 1. The lowest BCUT2D eigenvalue weighted by molar-refractivity contribution is 0.0927. The van der Waals surface area contributed by atoms with Crippen molar-refractivity contribution in [3.8, 4) is 0 Å². The Hall–Kier alpha value is -1.06. The van der Waals surface area contributed by atoms with Gasteiger partial charge in [0.25, 0.3) is 0 Å². The summed E-state index contributed by atoms with van der Waals surface area (Å²) in [6.07, 6.45) is 7.25. The van der Waals surface area contributed by atoms with E-state index in [1.54, 1.807) is 11.1 Å². The van der Waals surface area contributed by atoms with Gasteiger partial charge in [0.2, 0.25) is 0 Å². The van der Waals surface area contributed by atoms with Gasteiger partial charge in [0, 0.05) is 35.5 Å². The number of rotatable bonds is 2. The SMILES string of the molecule is Brc1c[nH]c(CN2CC3CCC2Cc2ccccc2C3)c1. The maximum atomic E-state index is 3.54. The van der Waals surface area contributed by atoms with Crippen molar-refractivity contribution >= 4 is 15.9 Å². The Bertz CT molecular complexity index is 634. The molecule has 0 amide bonds. The lowest BCUT2D eigenvalue weighted by Crippen LogP contribution is -2.46. The van der Waals surface area contributed by atoms with Crippen molar-refractivity contribution in [2.75, 3.05) is 6.54 Å². The quantitative estimate of drug-likeness (QED) is 0.866. The van der Waals surface area contributed by atoms with Gasteiger partial charge in [-0.1, -0.05) is 24.3 Å². The van der Waals surface area contributed by atoms with Crippen molar-refractivity contribution in [2.45, 2.75) is 38.3 Å². The highest BCUT2D eigenvalue weighted by molar-refractivity contribution is 9.10. The Kier molecular flexibility index (Phi) is 3.64. The maximum absolute atomic E-state index is 3.54. The summed E-state index contributed by atoms with van der Waals surface area (Å²) in [6, 6.07) is 12.0. The molecule has 0 saturated carbocycles. The number of aromatic nitrogens is 1. The third-order valence-electron chi connectivity index (χ3n) is 5.08. The fraction of sp³-hybridized carbons (Fsp3) is 0.444. The van der Waals surface area contributed by atoms with Gasteiger partial charge in [0.05, 0.1) is 0 Å². The van der Waals surface area contributed by atoms with E-state index in [4.69, 9.17) is 0 Å². The summed E-state index contributed by atoms with van der Waals surface area (Å²) >= 11 is 3.54. The van der Waals surface area contributed by atoms with Crippen LogP contribution in [0.1, 0.15) is 29.7 Å². The van der Waals surface area contributed by atoms with Crippen LogP contribution in [-0.2, 0) is 19.4 Å². The van der Waals surface area contributed by atoms with E-state index in [9.17, 15) is 0 Å². The molecular weight excluding hydrogens is 324 g/mol. The van der Waals surface area contributed by atoms with Crippen LogP contribution in [0.3, 0.4) is 0 Å². The van der Waals surface area contributed by atoms with Crippen LogP contribution < -0.4 is 0 Å². The fourth-order valence-electron chi connectivity index (χ4n) is 4.02. The number of fused-ring (bicyclic) bond motifs is 2. The molecular formula is C18H21BrN2. The normalized spacial score (nSPS) is 25.4. The molecule has 1 aromatic heterocycles. The standard InChI is InChI=1S/C18H21BrN2/c19-16-9-17(20-10-16)12-21-11-13-5-6-18(21)8-15-4-2-1-3-14(15)7-13/h1-4,9-10,13,18,20H,5-8,11-12H2. The minimum Gasteiger partial charge on any atom is -0.363 e. The molecule has 5 rings (SSSR count). The molecule has 21 heavy (non-hydrogen) atoms. The van der Waals surface area contributed by atoms with Crippen molar-refractivity contribution in [1.29, 1.82) is 0 Å². The Morgan fingerprint density at radius 1 is 1.14 bits per heavy atom. The monoisotopic (exact) mass is 344 g/mol. The van der Waals surface area contributed by atoms with E-state index in [1.165, 1.54) is 37.9 Å². The molecule has 2 bridgehead atoms. The highest BCUT2D eigenvalue weighted by atomic mass is 79.9. The van der Waals surface area contributed by atoms with Gasteiger partial charge in [0.15, 0.2) is 0 Å². The van der Waals surface area contributed by atoms with Gasteiger partial charge >= 0.3 is 0 Å². The van der Waals surface area contributed by atoms with Crippen LogP contribution in [-0.4, -0.2) is 22.5 Å². The van der Waals surface area contributed by atoms with Gasteiger partial charge in [-0.3, -0.25) is 4.90 Å². The van der Waals surface area contributed by atoms with Crippen LogP contribution in [0.2, 0.25) is 0 Å². The van der Waals surface area contributed by atoms with Gasteiger partial charge in [-0.15, -0.1) is 0 Å². The molecule has 3 aliphatic rings. The first-order valence-corrected chi connectivity index (χ1v) is 8.71. The van der Waals surface area contributed by atoms with E-state index in [2.05, 4.69) is 56.1 Å². The molecule has 2 nitrogen and oxygen atoms in total. The molecule has 2 unspecified atom stereocenters. The van der Waals surface area contributed by atoms with Gasteiger partial charge in [-0.05, 0) is 64.7 Å². The van der Waals surface area contributed by atoms with Crippen molar-refractivity contribution in [1.82, 2.24) is 9.88 Å².